The summed E-state index contributed by atoms with van der Waals surface area (Å²) in [5.41, 5.74) is 6.48. The summed E-state index contributed by atoms with van der Waals surface area (Å²) in [6.07, 6.45) is 0. The molecule has 6 heteroatoms. The van der Waals surface area contributed by atoms with E-state index in [4.69, 9.17) is 5.73 Å². The maximum absolute atomic E-state index is 11.9. The Morgan fingerprint density at radius 3 is 2.47 bits per heavy atom. The molecule has 106 valence electrons. The van der Waals surface area contributed by atoms with Gasteiger partial charge in [-0.15, -0.1) is 0 Å². The maximum Gasteiger partial charge on any atom is 0.321 e. The van der Waals surface area contributed by atoms with E-state index in [0.717, 1.165) is 5.56 Å². The summed E-state index contributed by atoms with van der Waals surface area (Å²) >= 11 is 0. The zero-order chi connectivity index (χ0) is 14.3. The van der Waals surface area contributed by atoms with E-state index in [1.807, 2.05) is 30.3 Å². The third kappa shape index (κ3) is 5.40. The normalized spacial score (nSPS) is 12.9. The van der Waals surface area contributed by atoms with E-state index >= 15 is 0 Å². The monoisotopic (exact) mass is 285 g/mol. The summed E-state index contributed by atoms with van der Waals surface area (Å²) in [4.78, 5) is 11.2. The SMILES string of the molecule is CCOC(=O)CS(=O)(=O)CC(CN)c1ccccc1. The highest BCUT2D eigenvalue weighted by atomic mass is 32.2. The molecule has 19 heavy (non-hydrogen) atoms. The number of ether oxygens (including phenoxy) is 1. The lowest BCUT2D eigenvalue weighted by molar-refractivity contribution is -0.139. The van der Waals surface area contributed by atoms with Crippen LogP contribution >= 0.6 is 0 Å². The third-order valence-corrected chi connectivity index (χ3v) is 4.24. The van der Waals surface area contributed by atoms with E-state index in [1.54, 1.807) is 6.92 Å². The van der Waals surface area contributed by atoms with Crippen molar-refractivity contribution in [3.05, 3.63) is 35.9 Å². The Kier molecular flexibility index (Phi) is 5.98. The molecular formula is C13H19NO4S. The van der Waals surface area contributed by atoms with E-state index in [0.29, 0.717) is 0 Å². The molecule has 0 aliphatic heterocycles. The highest BCUT2D eigenvalue weighted by molar-refractivity contribution is 7.92. The quantitative estimate of drug-likeness (QED) is 0.745. The summed E-state index contributed by atoms with van der Waals surface area (Å²) in [7, 11) is -3.52. The van der Waals surface area contributed by atoms with E-state index in [2.05, 4.69) is 4.74 Å². The lowest BCUT2D eigenvalue weighted by atomic mass is 10.0. The number of hydrogen-bond donors (Lipinski definition) is 1. The lowest BCUT2D eigenvalue weighted by Gasteiger charge is -2.15. The standard InChI is InChI=1S/C13H19NO4S/c1-2-18-13(15)10-19(16,17)9-12(8-14)11-6-4-3-5-7-11/h3-7,12H,2,8-10,14H2,1H3. The van der Waals surface area contributed by atoms with Gasteiger partial charge in [0.05, 0.1) is 12.4 Å². The van der Waals surface area contributed by atoms with Gasteiger partial charge in [0.15, 0.2) is 9.84 Å². The summed E-state index contributed by atoms with van der Waals surface area (Å²) in [5.74, 6) is -1.76. The van der Waals surface area contributed by atoms with Crippen molar-refractivity contribution in [3.8, 4) is 0 Å². The van der Waals surface area contributed by atoms with Gasteiger partial charge in [0.25, 0.3) is 0 Å². The molecule has 0 fully saturated rings. The fraction of sp³-hybridized carbons (Fsp3) is 0.462. The molecule has 1 rings (SSSR count). The Labute approximate surface area is 113 Å². The Morgan fingerprint density at radius 2 is 1.95 bits per heavy atom. The van der Waals surface area contributed by atoms with Gasteiger partial charge < -0.3 is 10.5 Å². The number of hydrogen-bond acceptors (Lipinski definition) is 5. The number of sulfone groups is 1. The van der Waals surface area contributed by atoms with Crippen molar-refractivity contribution >= 4 is 15.8 Å². The van der Waals surface area contributed by atoms with Crippen LogP contribution in [0.2, 0.25) is 0 Å². The third-order valence-electron chi connectivity index (χ3n) is 2.65. The minimum absolute atomic E-state index is 0.147. The first kappa shape index (κ1) is 15.7. The Hall–Kier alpha value is -1.40. The predicted octanol–water partition coefficient (Wildman–Crippen LogP) is 0.707. The van der Waals surface area contributed by atoms with E-state index in [1.165, 1.54) is 0 Å². The number of carbonyl (C=O) groups excluding carboxylic acids is 1. The van der Waals surface area contributed by atoms with Crippen molar-refractivity contribution in [3.63, 3.8) is 0 Å². The van der Waals surface area contributed by atoms with Gasteiger partial charge in [0, 0.05) is 12.5 Å². The van der Waals surface area contributed by atoms with Crippen molar-refractivity contribution < 1.29 is 17.9 Å². The second kappa shape index (κ2) is 7.25. The molecule has 1 atom stereocenters. The van der Waals surface area contributed by atoms with Crippen molar-refractivity contribution in [1.82, 2.24) is 0 Å². The molecule has 1 aromatic rings. The Balaban J connectivity index is 2.73. The van der Waals surface area contributed by atoms with Crippen LogP contribution in [0.5, 0.6) is 0 Å². The van der Waals surface area contributed by atoms with E-state index in [9.17, 15) is 13.2 Å². The summed E-state index contributed by atoms with van der Waals surface area (Å²) < 4.78 is 28.5. The van der Waals surface area contributed by atoms with Crippen LogP contribution in [0.15, 0.2) is 30.3 Å². The first-order chi connectivity index (χ1) is 8.98. The molecule has 0 saturated heterocycles. The first-order valence-corrected chi connectivity index (χ1v) is 7.91. The largest absolute Gasteiger partial charge is 0.465 e. The van der Waals surface area contributed by atoms with Crippen molar-refractivity contribution in [2.45, 2.75) is 12.8 Å². The topological polar surface area (TPSA) is 86.5 Å². The molecule has 0 bridgehead atoms. The van der Waals surface area contributed by atoms with Crippen molar-refractivity contribution in [2.24, 2.45) is 5.73 Å². The lowest BCUT2D eigenvalue weighted by Crippen LogP contribution is -2.27. The maximum atomic E-state index is 11.9. The molecule has 0 aromatic heterocycles. The molecule has 0 saturated carbocycles. The molecule has 0 spiro atoms. The second-order valence-corrected chi connectivity index (χ2v) is 6.31. The fourth-order valence-electron chi connectivity index (χ4n) is 1.77. The van der Waals surface area contributed by atoms with Gasteiger partial charge in [0.1, 0.15) is 5.75 Å². The van der Waals surface area contributed by atoms with Gasteiger partial charge in [0.2, 0.25) is 0 Å². The first-order valence-electron chi connectivity index (χ1n) is 6.09. The van der Waals surface area contributed by atoms with Crippen LogP contribution in [-0.2, 0) is 19.4 Å². The average Bonchev–Trinajstić information content (AvgIpc) is 2.36. The van der Waals surface area contributed by atoms with Crippen LogP contribution in [0.25, 0.3) is 0 Å². The highest BCUT2D eigenvalue weighted by Crippen LogP contribution is 2.16. The molecule has 0 aliphatic rings. The zero-order valence-corrected chi connectivity index (χ0v) is 11.7. The van der Waals surface area contributed by atoms with E-state index < -0.39 is 21.6 Å². The molecule has 0 radical (unpaired) electrons. The summed E-state index contributed by atoms with van der Waals surface area (Å²) in [5, 5.41) is 0. The highest BCUT2D eigenvalue weighted by Gasteiger charge is 2.23. The van der Waals surface area contributed by atoms with Crippen LogP contribution in [0.1, 0.15) is 18.4 Å². The summed E-state index contributed by atoms with van der Waals surface area (Å²) in [6.45, 7) is 2.02. The van der Waals surface area contributed by atoms with Gasteiger partial charge in [-0.3, -0.25) is 4.79 Å². The minimum Gasteiger partial charge on any atom is -0.465 e. The Morgan fingerprint density at radius 1 is 1.32 bits per heavy atom. The van der Waals surface area contributed by atoms with Crippen LogP contribution in [0.4, 0.5) is 0 Å². The zero-order valence-electron chi connectivity index (χ0n) is 10.9. The molecule has 1 aromatic carbocycles. The van der Waals surface area contributed by atoms with Crippen LogP contribution in [0, 0.1) is 0 Å². The van der Waals surface area contributed by atoms with Crippen molar-refractivity contribution in [2.75, 3.05) is 24.7 Å². The van der Waals surface area contributed by atoms with E-state index in [-0.39, 0.29) is 24.8 Å². The molecule has 0 heterocycles. The molecule has 0 aliphatic carbocycles. The average molecular weight is 285 g/mol. The smallest absolute Gasteiger partial charge is 0.321 e. The van der Waals surface area contributed by atoms with Crippen LogP contribution < -0.4 is 5.73 Å². The molecular weight excluding hydrogens is 266 g/mol. The van der Waals surface area contributed by atoms with Crippen molar-refractivity contribution in [1.29, 1.82) is 0 Å². The number of carbonyl (C=O) groups is 1. The predicted molar refractivity (Wildman–Crippen MR) is 73.5 cm³/mol. The van der Waals surface area contributed by atoms with Gasteiger partial charge in [-0.2, -0.15) is 0 Å². The second-order valence-electron chi connectivity index (χ2n) is 4.20. The molecule has 1 unspecified atom stereocenters. The summed E-state index contributed by atoms with van der Waals surface area (Å²) in [6, 6.07) is 9.17. The minimum atomic E-state index is -3.52. The molecule has 2 N–H and O–H groups in total. The number of rotatable bonds is 7. The van der Waals surface area contributed by atoms with Gasteiger partial charge in [-0.1, -0.05) is 30.3 Å². The molecule has 5 nitrogen and oxygen atoms in total. The number of nitrogens with two attached hydrogens (primary N) is 1. The van der Waals surface area contributed by atoms with Gasteiger partial charge in [-0.05, 0) is 12.5 Å². The van der Waals surface area contributed by atoms with Crippen LogP contribution in [-0.4, -0.2) is 39.0 Å². The van der Waals surface area contributed by atoms with Gasteiger partial charge in [-0.25, -0.2) is 8.42 Å². The van der Waals surface area contributed by atoms with Crippen LogP contribution in [0.3, 0.4) is 0 Å². The number of benzene rings is 1. The fourth-order valence-corrected chi connectivity index (χ4v) is 3.28. The molecule has 0 amide bonds. The Bertz CT molecular complexity index is 499. The number of esters is 1. The van der Waals surface area contributed by atoms with Gasteiger partial charge >= 0.3 is 5.97 Å².